The molecule has 1 aromatic carbocycles. The van der Waals surface area contributed by atoms with Crippen LogP contribution >= 0.6 is 0 Å². The molecule has 0 fully saturated rings. The van der Waals surface area contributed by atoms with Crippen LogP contribution in [0, 0.1) is 0 Å². The van der Waals surface area contributed by atoms with Crippen LogP contribution in [0.5, 0.6) is 5.75 Å². The van der Waals surface area contributed by atoms with Crippen LogP contribution in [-0.2, 0) is 4.79 Å². The molecule has 0 saturated carbocycles. The van der Waals surface area contributed by atoms with E-state index in [0.717, 1.165) is 0 Å². The second-order valence-electron chi connectivity index (χ2n) is 2.86. The quantitative estimate of drug-likeness (QED) is 0.601. The lowest BCUT2D eigenvalue weighted by atomic mass is 10.2. The number of nitrogens with one attached hydrogen (secondary N) is 2. The molecule has 2 amide bonds. The molecule has 0 aliphatic rings. The standard InChI is InChI=1S/C10H12N2O4/c1-16-8-5-3-2-4-7(8)10(15)12-11-9(14)6-13/h2-5,13H,6H2,1H3,(H,11,14)(H,12,15). The molecule has 1 aromatic rings. The number of amides is 2. The van der Waals surface area contributed by atoms with E-state index < -0.39 is 18.4 Å². The predicted molar refractivity (Wildman–Crippen MR) is 55.7 cm³/mol. The molecule has 16 heavy (non-hydrogen) atoms. The number of aliphatic hydroxyl groups excluding tert-OH is 1. The zero-order valence-electron chi connectivity index (χ0n) is 8.69. The number of hydrogen-bond donors (Lipinski definition) is 3. The summed E-state index contributed by atoms with van der Waals surface area (Å²) in [5.74, 6) is -0.805. The van der Waals surface area contributed by atoms with Gasteiger partial charge in [-0.1, -0.05) is 12.1 Å². The van der Waals surface area contributed by atoms with E-state index in [1.807, 2.05) is 5.43 Å². The number of aliphatic hydroxyl groups is 1. The van der Waals surface area contributed by atoms with Crippen LogP contribution in [0.3, 0.4) is 0 Å². The third-order valence-corrected chi connectivity index (χ3v) is 1.81. The number of ether oxygens (including phenoxy) is 1. The lowest BCUT2D eigenvalue weighted by Gasteiger charge is -2.09. The van der Waals surface area contributed by atoms with Crippen molar-refractivity contribution in [2.45, 2.75) is 0 Å². The van der Waals surface area contributed by atoms with Crippen molar-refractivity contribution >= 4 is 11.8 Å². The molecule has 0 radical (unpaired) electrons. The summed E-state index contributed by atoms with van der Waals surface area (Å²) in [6.07, 6.45) is 0. The van der Waals surface area contributed by atoms with Crippen molar-refractivity contribution in [3.63, 3.8) is 0 Å². The number of carbonyl (C=O) groups is 2. The molecule has 0 bridgehead atoms. The van der Waals surface area contributed by atoms with E-state index in [4.69, 9.17) is 9.84 Å². The number of carbonyl (C=O) groups excluding carboxylic acids is 2. The van der Waals surface area contributed by atoms with E-state index in [9.17, 15) is 9.59 Å². The van der Waals surface area contributed by atoms with Crippen molar-refractivity contribution in [3.05, 3.63) is 29.8 Å². The fourth-order valence-corrected chi connectivity index (χ4v) is 1.07. The molecular formula is C10H12N2O4. The summed E-state index contributed by atoms with van der Waals surface area (Å²) in [5, 5.41) is 8.43. The topological polar surface area (TPSA) is 87.7 Å². The molecule has 0 unspecified atom stereocenters. The molecular weight excluding hydrogens is 212 g/mol. The second-order valence-corrected chi connectivity index (χ2v) is 2.86. The smallest absolute Gasteiger partial charge is 0.273 e. The molecule has 6 heteroatoms. The zero-order valence-corrected chi connectivity index (χ0v) is 8.69. The van der Waals surface area contributed by atoms with Crippen molar-refractivity contribution in [3.8, 4) is 5.75 Å². The summed E-state index contributed by atoms with van der Waals surface area (Å²) in [6, 6.07) is 6.58. The van der Waals surface area contributed by atoms with E-state index in [1.165, 1.54) is 7.11 Å². The van der Waals surface area contributed by atoms with Gasteiger partial charge in [-0.2, -0.15) is 0 Å². The molecule has 86 valence electrons. The summed E-state index contributed by atoms with van der Waals surface area (Å²) in [5.41, 5.74) is 4.48. The molecule has 0 spiro atoms. The summed E-state index contributed by atoms with van der Waals surface area (Å²) in [4.78, 5) is 22.3. The zero-order chi connectivity index (χ0) is 12.0. The summed E-state index contributed by atoms with van der Waals surface area (Å²) in [7, 11) is 1.44. The van der Waals surface area contributed by atoms with Gasteiger partial charge in [0.15, 0.2) is 0 Å². The van der Waals surface area contributed by atoms with Crippen LogP contribution < -0.4 is 15.6 Å². The molecule has 0 saturated heterocycles. The summed E-state index contributed by atoms with van der Waals surface area (Å²) in [6.45, 7) is -0.688. The Morgan fingerprint density at radius 3 is 2.62 bits per heavy atom. The summed E-state index contributed by atoms with van der Waals surface area (Å²) >= 11 is 0. The maximum absolute atomic E-state index is 11.6. The molecule has 0 atom stereocenters. The first kappa shape index (κ1) is 12.0. The van der Waals surface area contributed by atoms with Crippen molar-refractivity contribution in [2.75, 3.05) is 13.7 Å². The maximum atomic E-state index is 11.6. The first-order chi connectivity index (χ1) is 7.69. The second kappa shape index (κ2) is 5.72. The Balaban J connectivity index is 2.69. The highest BCUT2D eigenvalue weighted by Gasteiger charge is 2.11. The van der Waals surface area contributed by atoms with Crippen molar-refractivity contribution in [2.24, 2.45) is 0 Å². The molecule has 0 aromatic heterocycles. The Hall–Kier alpha value is -2.08. The van der Waals surface area contributed by atoms with Crippen molar-refractivity contribution in [1.82, 2.24) is 10.9 Å². The fourth-order valence-electron chi connectivity index (χ4n) is 1.07. The van der Waals surface area contributed by atoms with Crippen LogP contribution in [0.15, 0.2) is 24.3 Å². The van der Waals surface area contributed by atoms with E-state index in [2.05, 4.69) is 5.43 Å². The van der Waals surface area contributed by atoms with Crippen LogP contribution in [0.2, 0.25) is 0 Å². The van der Waals surface area contributed by atoms with Crippen molar-refractivity contribution < 1.29 is 19.4 Å². The predicted octanol–water partition coefficient (Wildman–Crippen LogP) is -0.552. The largest absolute Gasteiger partial charge is 0.496 e. The Bertz CT molecular complexity index is 392. The number of hydrogen-bond acceptors (Lipinski definition) is 4. The minimum atomic E-state index is -0.691. The van der Waals surface area contributed by atoms with Gasteiger partial charge >= 0.3 is 0 Å². The van der Waals surface area contributed by atoms with Gasteiger partial charge in [-0.3, -0.25) is 20.4 Å². The first-order valence-corrected chi connectivity index (χ1v) is 4.52. The van der Waals surface area contributed by atoms with E-state index in [0.29, 0.717) is 11.3 Å². The van der Waals surface area contributed by atoms with E-state index in [-0.39, 0.29) is 0 Å². The van der Waals surface area contributed by atoms with Gasteiger partial charge in [0, 0.05) is 0 Å². The third-order valence-electron chi connectivity index (χ3n) is 1.81. The molecule has 6 nitrogen and oxygen atoms in total. The highest BCUT2D eigenvalue weighted by Crippen LogP contribution is 2.16. The lowest BCUT2D eigenvalue weighted by molar-refractivity contribution is -0.124. The number of methoxy groups -OCH3 is 1. The minimum absolute atomic E-state index is 0.295. The molecule has 0 heterocycles. The Labute approximate surface area is 92.2 Å². The van der Waals surface area contributed by atoms with E-state index in [1.54, 1.807) is 24.3 Å². The molecule has 0 aliphatic heterocycles. The summed E-state index contributed by atoms with van der Waals surface area (Å²) < 4.78 is 4.98. The van der Waals surface area contributed by atoms with Gasteiger partial charge in [0.1, 0.15) is 12.4 Å². The normalized spacial score (nSPS) is 9.38. The Morgan fingerprint density at radius 2 is 2.00 bits per heavy atom. The number of hydrazine groups is 1. The van der Waals surface area contributed by atoms with Gasteiger partial charge in [0.2, 0.25) is 0 Å². The highest BCUT2D eigenvalue weighted by atomic mass is 16.5. The third kappa shape index (κ3) is 2.96. The first-order valence-electron chi connectivity index (χ1n) is 4.52. The maximum Gasteiger partial charge on any atom is 0.273 e. The van der Waals surface area contributed by atoms with Gasteiger partial charge in [-0.25, -0.2) is 0 Å². The Kier molecular flexibility index (Phi) is 4.28. The molecule has 3 N–H and O–H groups in total. The molecule has 1 rings (SSSR count). The van der Waals surface area contributed by atoms with Gasteiger partial charge in [0.05, 0.1) is 12.7 Å². The average molecular weight is 224 g/mol. The number of benzene rings is 1. The van der Waals surface area contributed by atoms with E-state index >= 15 is 0 Å². The highest BCUT2D eigenvalue weighted by molar-refractivity contribution is 5.97. The van der Waals surface area contributed by atoms with Crippen LogP contribution in [0.4, 0.5) is 0 Å². The van der Waals surface area contributed by atoms with Crippen LogP contribution in [-0.4, -0.2) is 30.6 Å². The van der Waals surface area contributed by atoms with Gasteiger partial charge in [0.25, 0.3) is 11.8 Å². The van der Waals surface area contributed by atoms with Gasteiger partial charge in [-0.15, -0.1) is 0 Å². The SMILES string of the molecule is COc1ccccc1C(=O)NNC(=O)CO. The molecule has 0 aliphatic carbocycles. The minimum Gasteiger partial charge on any atom is -0.496 e. The van der Waals surface area contributed by atoms with Gasteiger partial charge in [-0.05, 0) is 12.1 Å². The monoisotopic (exact) mass is 224 g/mol. The van der Waals surface area contributed by atoms with Crippen LogP contribution in [0.1, 0.15) is 10.4 Å². The Morgan fingerprint density at radius 1 is 1.31 bits per heavy atom. The average Bonchev–Trinajstić information content (AvgIpc) is 2.35. The van der Waals surface area contributed by atoms with Crippen LogP contribution in [0.25, 0.3) is 0 Å². The fraction of sp³-hybridized carbons (Fsp3) is 0.200. The number of rotatable bonds is 3. The van der Waals surface area contributed by atoms with Gasteiger partial charge < -0.3 is 9.84 Å². The lowest BCUT2D eigenvalue weighted by Crippen LogP contribution is -2.43. The number of para-hydroxylation sites is 1. The van der Waals surface area contributed by atoms with Crippen molar-refractivity contribution in [1.29, 1.82) is 0 Å².